The van der Waals surface area contributed by atoms with E-state index >= 15 is 0 Å². The molecule has 1 aliphatic carbocycles. The molecule has 1 aromatic carbocycles. The molecular formula is C14H18ClNO2. The van der Waals surface area contributed by atoms with Gasteiger partial charge in [-0.25, -0.2) is 0 Å². The van der Waals surface area contributed by atoms with E-state index < -0.39 is 0 Å². The first-order chi connectivity index (χ1) is 8.63. The lowest BCUT2D eigenvalue weighted by atomic mass is 10.0. The molecule has 0 saturated heterocycles. The van der Waals surface area contributed by atoms with Crippen molar-refractivity contribution in [3.63, 3.8) is 0 Å². The SMILES string of the molecule is Cc1c(Cl)cccc1C(=O)NC1CCCC1CO. The van der Waals surface area contributed by atoms with Crippen molar-refractivity contribution in [1.82, 2.24) is 5.32 Å². The second kappa shape index (κ2) is 5.72. The molecule has 18 heavy (non-hydrogen) atoms. The average Bonchev–Trinajstić information content (AvgIpc) is 2.79. The lowest BCUT2D eigenvalue weighted by Crippen LogP contribution is -2.38. The van der Waals surface area contributed by atoms with Crippen LogP contribution in [0.1, 0.15) is 35.2 Å². The zero-order chi connectivity index (χ0) is 13.1. The van der Waals surface area contributed by atoms with E-state index in [-0.39, 0.29) is 24.5 Å². The standard InChI is InChI=1S/C14H18ClNO2/c1-9-11(5-3-6-12(9)15)14(18)16-13-7-2-4-10(13)8-17/h3,5-6,10,13,17H,2,4,7-8H2,1H3,(H,16,18). The normalized spacial score (nSPS) is 23.1. The van der Waals surface area contributed by atoms with Crippen molar-refractivity contribution in [2.75, 3.05) is 6.61 Å². The summed E-state index contributed by atoms with van der Waals surface area (Å²) in [6, 6.07) is 5.42. The van der Waals surface area contributed by atoms with Crippen molar-refractivity contribution in [3.05, 3.63) is 34.3 Å². The zero-order valence-electron chi connectivity index (χ0n) is 10.4. The van der Waals surface area contributed by atoms with E-state index in [2.05, 4.69) is 5.32 Å². The molecule has 4 heteroatoms. The Labute approximate surface area is 112 Å². The first-order valence-electron chi connectivity index (χ1n) is 6.30. The van der Waals surface area contributed by atoms with Gasteiger partial charge < -0.3 is 10.4 Å². The van der Waals surface area contributed by atoms with Gasteiger partial charge in [-0.05, 0) is 37.5 Å². The number of carbonyl (C=O) groups excluding carboxylic acids is 1. The molecule has 0 aliphatic heterocycles. The summed E-state index contributed by atoms with van der Waals surface area (Å²) in [6.07, 6.45) is 2.98. The van der Waals surface area contributed by atoms with E-state index in [0.29, 0.717) is 10.6 Å². The fourth-order valence-electron chi connectivity index (χ4n) is 2.54. The van der Waals surface area contributed by atoms with Crippen LogP contribution in [0.25, 0.3) is 0 Å². The Bertz CT molecular complexity index is 447. The van der Waals surface area contributed by atoms with Gasteiger partial charge in [0, 0.05) is 29.2 Å². The van der Waals surface area contributed by atoms with Gasteiger partial charge in [0.1, 0.15) is 0 Å². The molecule has 0 bridgehead atoms. The molecule has 0 heterocycles. The minimum Gasteiger partial charge on any atom is -0.396 e. The van der Waals surface area contributed by atoms with Crippen LogP contribution < -0.4 is 5.32 Å². The first-order valence-corrected chi connectivity index (χ1v) is 6.68. The summed E-state index contributed by atoms with van der Waals surface area (Å²) in [7, 11) is 0. The maximum absolute atomic E-state index is 12.2. The third kappa shape index (κ3) is 2.68. The van der Waals surface area contributed by atoms with E-state index in [0.717, 1.165) is 24.8 Å². The molecular weight excluding hydrogens is 250 g/mol. The second-order valence-electron chi connectivity index (χ2n) is 4.87. The Balaban J connectivity index is 2.10. The van der Waals surface area contributed by atoms with Gasteiger partial charge in [-0.3, -0.25) is 4.79 Å². The van der Waals surface area contributed by atoms with Gasteiger partial charge in [0.2, 0.25) is 0 Å². The van der Waals surface area contributed by atoms with Crippen molar-refractivity contribution in [2.24, 2.45) is 5.92 Å². The predicted octanol–water partition coefficient (Wildman–Crippen LogP) is 2.54. The Morgan fingerprint density at radius 1 is 1.50 bits per heavy atom. The summed E-state index contributed by atoms with van der Waals surface area (Å²) >= 11 is 6.01. The van der Waals surface area contributed by atoms with Crippen molar-refractivity contribution >= 4 is 17.5 Å². The summed E-state index contributed by atoms with van der Waals surface area (Å²) in [6.45, 7) is 1.98. The number of benzene rings is 1. The molecule has 1 saturated carbocycles. The number of hydrogen-bond donors (Lipinski definition) is 2. The van der Waals surface area contributed by atoms with Crippen LogP contribution in [-0.4, -0.2) is 23.7 Å². The number of aliphatic hydroxyl groups is 1. The van der Waals surface area contributed by atoms with Crippen LogP contribution in [-0.2, 0) is 0 Å². The van der Waals surface area contributed by atoms with Crippen molar-refractivity contribution < 1.29 is 9.90 Å². The fourth-order valence-corrected chi connectivity index (χ4v) is 2.72. The van der Waals surface area contributed by atoms with Gasteiger partial charge in [-0.15, -0.1) is 0 Å². The van der Waals surface area contributed by atoms with E-state index in [9.17, 15) is 9.90 Å². The van der Waals surface area contributed by atoms with Gasteiger partial charge in [0.15, 0.2) is 0 Å². The van der Waals surface area contributed by atoms with Crippen LogP contribution in [0, 0.1) is 12.8 Å². The Morgan fingerprint density at radius 3 is 3.00 bits per heavy atom. The molecule has 1 aliphatic rings. The topological polar surface area (TPSA) is 49.3 Å². The van der Waals surface area contributed by atoms with Gasteiger partial charge in [0.05, 0.1) is 0 Å². The van der Waals surface area contributed by atoms with Crippen LogP contribution in [0.3, 0.4) is 0 Å². The minimum atomic E-state index is -0.0969. The van der Waals surface area contributed by atoms with Gasteiger partial charge >= 0.3 is 0 Å². The number of rotatable bonds is 3. The molecule has 0 radical (unpaired) electrons. The van der Waals surface area contributed by atoms with Gasteiger partial charge in [0.25, 0.3) is 5.91 Å². The lowest BCUT2D eigenvalue weighted by molar-refractivity contribution is 0.0915. The highest BCUT2D eigenvalue weighted by Crippen LogP contribution is 2.26. The van der Waals surface area contributed by atoms with Crippen molar-refractivity contribution in [2.45, 2.75) is 32.2 Å². The number of halogens is 1. The highest BCUT2D eigenvalue weighted by atomic mass is 35.5. The fraction of sp³-hybridized carbons (Fsp3) is 0.500. The van der Waals surface area contributed by atoms with Crippen molar-refractivity contribution in [1.29, 1.82) is 0 Å². The number of carbonyl (C=O) groups is 1. The highest BCUT2D eigenvalue weighted by molar-refractivity contribution is 6.31. The molecule has 3 nitrogen and oxygen atoms in total. The summed E-state index contributed by atoms with van der Waals surface area (Å²) in [5, 5.41) is 12.9. The highest BCUT2D eigenvalue weighted by Gasteiger charge is 2.28. The zero-order valence-corrected chi connectivity index (χ0v) is 11.2. The van der Waals surface area contributed by atoms with Crippen LogP contribution in [0.4, 0.5) is 0 Å². The molecule has 1 amide bonds. The summed E-state index contributed by atoms with van der Waals surface area (Å²) in [4.78, 5) is 12.2. The van der Waals surface area contributed by atoms with Gasteiger partial charge in [-0.1, -0.05) is 24.1 Å². The van der Waals surface area contributed by atoms with Crippen LogP contribution in [0.15, 0.2) is 18.2 Å². The quantitative estimate of drug-likeness (QED) is 0.884. The monoisotopic (exact) mass is 267 g/mol. The molecule has 2 unspecified atom stereocenters. The number of nitrogens with one attached hydrogen (secondary N) is 1. The number of aliphatic hydroxyl groups excluding tert-OH is 1. The summed E-state index contributed by atoms with van der Waals surface area (Å²) < 4.78 is 0. The number of amides is 1. The molecule has 2 atom stereocenters. The predicted molar refractivity (Wildman–Crippen MR) is 71.9 cm³/mol. The summed E-state index contributed by atoms with van der Waals surface area (Å²) in [5.41, 5.74) is 1.42. The number of hydrogen-bond acceptors (Lipinski definition) is 2. The molecule has 0 aromatic heterocycles. The smallest absolute Gasteiger partial charge is 0.251 e. The second-order valence-corrected chi connectivity index (χ2v) is 5.27. The Morgan fingerprint density at radius 2 is 2.28 bits per heavy atom. The lowest BCUT2D eigenvalue weighted by Gasteiger charge is -2.19. The molecule has 1 aromatic rings. The van der Waals surface area contributed by atoms with Gasteiger partial charge in [-0.2, -0.15) is 0 Å². The maximum Gasteiger partial charge on any atom is 0.251 e. The third-order valence-electron chi connectivity index (χ3n) is 3.72. The molecule has 2 N–H and O–H groups in total. The minimum absolute atomic E-state index is 0.0841. The van der Waals surface area contributed by atoms with E-state index in [1.54, 1.807) is 18.2 Å². The van der Waals surface area contributed by atoms with Crippen molar-refractivity contribution in [3.8, 4) is 0 Å². The van der Waals surface area contributed by atoms with Crippen LogP contribution >= 0.6 is 11.6 Å². The van der Waals surface area contributed by atoms with Crippen LogP contribution in [0.5, 0.6) is 0 Å². The average molecular weight is 268 g/mol. The molecule has 0 spiro atoms. The summed E-state index contributed by atoms with van der Waals surface area (Å²) in [5.74, 6) is 0.0915. The molecule has 98 valence electrons. The third-order valence-corrected chi connectivity index (χ3v) is 4.13. The Kier molecular flexibility index (Phi) is 4.25. The first kappa shape index (κ1) is 13.4. The Hall–Kier alpha value is -1.06. The largest absolute Gasteiger partial charge is 0.396 e. The molecule has 1 fully saturated rings. The maximum atomic E-state index is 12.2. The van der Waals surface area contributed by atoms with E-state index in [1.165, 1.54) is 0 Å². The van der Waals surface area contributed by atoms with E-state index in [4.69, 9.17) is 11.6 Å². The van der Waals surface area contributed by atoms with E-state index in [1.807, 2.05) is 6.92 Å². The van der Waals surface area contributed by atoms with Crippen LogP contribution in [0.2, 0.25) is 5.02 Å². The molecule has 2 rings (SSSR count).